The minimum atomic E-state index is -1.36. The number of amides is 5. The molecule has 11 nitrogen and oxygen atoms in total. The largest absolute Gasteiger partial charge is 0.325 e. The zero-order chi connectivity index (χ0) is 27.0. The smallest absolute Gasteiger partial charge is 0.319 e. The molecule has 1 aliphatic rings. The van der Waals surface area contributed by atoms with Gasteiger partial charge in [-0.3, -0.25) is 34.9 Å². The molecule has 1 aliphatic heterocycles. The van der Waals surface area contributed by atoms with Gasteiger partial charge in [0.05, 0.1) is 5.39 Å². The van der Waals surface area contributed by atoms with E-state index >= 15 is 0 Å². The van der Waals surface area contributed by atoms with Crippen LogP contribution in [0.25, 0.3) is 21.5 Å². The summed E-state index contributed by atoms with van der Waals surface area (Å²) in [5.74, 6) is -2.14. The Balaban J connectivity index is 1.30. The summed E-state index contributed by atoms with van der Waals surface area (Å²) in [5.41, 5.74) is 3.30. The monoisotopic (exact) mass is 512 g/mol. The van der Waals surface area contributed by atoms with E-state index < -0.39 is 35.8 Å². The lowest BCUT2D eigenvalue weighted by Crippen LogP contribution is -2.48. The van der Waals surface area contributed by atoms with Crippen molar-refractivity contribution in [1.29, 1.82) is 0 Å². The van der Waals surface area contributed by atoms with Crippen molar-refractivity contribution in [2.24, 2.45) is 0 Å². The molecule has 5 amide bonds. The first kappa shape index (κ1) is 24.6. The number of fused-ring (bicyclic) bond motifs is 2. The first-order valence-electron chi connectivity index (χ1n) is 12.0. The lowest BCUT2D eigenvalue weighted by atomic mass is 9.90. The third-order valence-electron chi connectivity index (χ3n) is 6.60. The number of aromatic nitrogens is 2. The molecule has 0 radical (unpaired) electrons. The van der Waals surface area contributed by atoms with Gasteiger partial charge >= 0.3 is 6.03 Å². The molecule has 11 heteroatoms. The van der Waals surface area contributed by atoms with Crippen LogP contribution in [0.3, 0.4) is 0 Å². The molecular formula is C27H24N6O5. The number of hydrogen-bond acceptors (Lipinski definition) is 6. The zero-order valence-corrected chi connectivity index (χ0v) is 20.6. The summed E-state index contributed by atoms with van der Waals surface area (Å²) in [7, 11) is 0. The highest BCUT2D eigenvalue weighted by Crippen LogP contribution is 2.30. The lowest BCUT2D eigenvalue weighted by Gasteiger charge is -2.22. The fourth-order valence-corrected chi connectivity index (χ4v) is 4.52. The van der Waals surface area contributed by atoms with E-state index in [1.54, 1.807) is 44.2 Å². The molecule has 1 fully saturated rings. The number of carbonyl (C=O) groups is 4. The number of benzene rings is 3. The van der Waals surface area contributed by atoms with Gasteiger partial charge in [-0.25, -0.2) is 9.48 Å². The molecule has 0 spiro atoms. The van der Waals surface area contributed by atoms with Crippen molar-refractivity contribution in [3.05, 3.63) is 88.3 Å². The molecule has 3 N–H and O–H groups in total. The van der Waals surface area contributed by atoms with Crippen molar-refractivity contribution in [3.63, 3.8) is 0 Å². The average molecular weight is 513 g/mol. The van der Waals surface area contributed by atoms with Crippen LogP contribution in [-0.2, 0) is 21.7 Å². The van der Waals surface area contributed by atoms with E-state index in [1.165, 1.54) is 0 Å². The van der Waals surface area contributed by atoms with E-state index in [4.69, 9.17) is 0 Å². The fourth-order valence-electron chi connectivity index (χ4n) is 4.52. The second-order valence-corrected chi connectivity index (χ2v) is 9.03. The molecule has 38 heavy (non-hydrogen) atoms. The predicted octanol–water partition coefficient (Wildman–Crippen LogP) is 1.80. The van der Waals surface area contributed by atoms with Crippen LogP contribution in [0.5, 0.6) is 0 Å². The summed E-state index contributed by atoms with van der Waals surface area (Å²) in [6.45, 7) is 2.93. The summed E-state index contributed by atoms with van der Waals surface area (Å²) < 4.78 is 1.15. The van der Waals surface area contributed by atoms with E-state index in [0.717, 1.165) is 20.4 Å². The van der Waals surface area contributed by atoms with Crippen LogP contribution < -0.4 is 21.7 Å². The molecule has 0 aliphatic carbocycles. The van der Waals surface area contributed by atoms with E-state index in [-0.39, 0.29) is 17.8 Å². The van der Waals surface area contributed by atoms with Crippen molar-refractivity contribution >= 4 is 45.3 Å². The zero-order valence-electron chi connectivity index (χ0n) is 20.6. The lowest BCUT2D eigenvalue weighted by molar-refractivity contribution is -0.135. The molecule has 0 bridgehead atoms. The Morgan fingerprint density at radius 3 is 2.34 bits per heavy atom. The number of imide groups is 1. The van der Waals surface area contributed by atoms with Gasteiger partial charge in [0.25, 0.3) is 23.3 Å². The molecule has 4 aromatic rings. The Labute approximate surface area is 216 Å². The summed E-state index contributed by atoms with van der Waals surface area (Å²) in [4.78, 5) is 64.7. The maximum absolute atomic E-state index is 13.3. The van der Waals surface area contributed by atoms with Gasteiger partial charge in [-0.2, -0.15) is 5.10 Å². The third-order valence-corrected chi connectivity index (χ3v) is 6.60. The van der Waals surface area contributed by atoms with Crippen molar-refractivity contribution in [2.75, 3.05) is 6.54 Å². The van der Waals surface area contributed by atoms with Crippen molar-refractivity contribution in [2.45, 2.75) is 25.9 Å². The Kier molecular flexibility index (Phi) is 6.11. The summed E-state index contributed by atoms with van der Waals surface area (Å²) >= 11 is 0. The Hall–Kier alpha value is -5.06. The molecule has 0 saturated carbocycles. The fraction of sp³-hybridized carbons (Fsp3) is 0.185. The minimum Gasteiger partial charge on any atom is -0.319 e. The highest BCUT2D eigenvalue weighted by Gasteiger charge is 2.49. The predicted molar refractivity (Wildman–Crippen MR) is 139 cm³/mol. The number of carbonyl (C=O) groups excluding carboxylic acids is 4. The number of rotatable bonds is 5. The molecule has 1 aromatic heterocycles. The minimum absolute atomic E-state index is 0.0544. The number of hydrogen-bond donors (Lipinski definition) is 3. The topological polar surface area (TPSA) is 142 Å². The van der Waals surface area contributed by atoms with Gasteiger partial charge in [0, 0.05) is 11.9 Å². The van der Waals surface area contributed by atoms with Gasteiger partial charge in [-0.1, -0.05) is 54.6 Å². The quantitative estimate of drug-likeness (QED) is 0.275. The van der Waals surface area contributed by atoms with Crippen LogP contribution in [-0.4, -0.2) is 45.0 Å². The Morgan fingerprint density at radius 2 is 1.61 bits per heavy atom. The van der Waals surface area contributed by atoms with Crippen molar-refractivity contribution in [3.8, 4) is 0 Å². The molecule has 0 unspecified atom stereocenters. The highest BCUT2D eigenvalue weighted by atomic mass is 16.2. The van der Waals surface area contributed by atoms with E-state index in [9.17, 15) is 24.0 Å². The van der Waals surface area contributed by atoms with Gasteiger partial charge in [0.1, 0.15) is 12.1 Å². The number of hydrazine groups is 1. The van der Waals surface area contributed by atoms with Gasteiger partial charge in [0.15, 0.2) is 5.69 Å². The third kappa shape index (κ3) is 4.13. The molecule has 1 atom stereocenters. The second-order valence-electron chi connectivity index (χ2n) is 9.03. The molecule has 5 rings (SSSR count). The maximum Gasteiger partial charge on any atom is 0.325 e. The number of nitrogens with one attached hydrogen (secondary N) is 3. The standard InChI is InChI=1S/C27H24N6O5/c1-3-33-24(36)20-11-7-6-10-19(20)22(31-33)23(35)30-29-21(34)15-32-25(37)27(2,28-26(32)38)18-13-12-16-8-4-5-9-17(16)14-18/h4-14H,3,15H2,1-2H3,(H,28,38)(H,29,34)(H,30,35)/t27-/m1/s1. The first-order chi connectivity index (χ1) is 18.2. The molecule has 3 aromatic carbocycles. The first-order valence-corrected chi connectivity index (χ1v) is 12.0. The van der Waals surface area contributed by atoms with Crippen LogP contribution in [0.15, 0.2) is 71.5 Å². The maximum atomic E-state index is 13.3. The Bertz CT molecular complexity index is 1700. The molecular weight excluding hydrogens is 488 g/mol. The van der Waals surface area contributed by atoms with Crippen LogP contribution in [0, 0.1) is 0 Å². The van der Waals surface area contributed by atoms with Crippen LogP contribution >= 0.6 is 0 Å². The summed E-state index contributed by atoms with van der Waals surface area (Å²) in [6, 6.07) is 18.9. The average Bonchev–Trinajstić information content (AvgIpc) is 3.15. The van der Waals surface area contributed by atoms with E-state index in [0.29, 0.717) is 16.3 Å². The molecule has 192 valence electrons. The number of aryl methyl sites for hydroxylation is 1. The Morgan fingerprint density at radius 1 is 0.921 bits per heavy atom. The molecule has 1 saturated heterocycles. The number of urea groups is 1. The van der Waals surface area contributed by atoms with Gasteiger partial charge in [0.2, 0.25) is 0 Å². The van der Waals surface area contributed by atoms with E-state index in [2.05, 4.69) is 21.3 Å². The van der Waals surface area contributed by atoms with E-state index in [1.807, 2.05) is 36.4 Å². The van der Waals surface area contributed by atoms with Crippen molar-refractivity contribution < 1.29 is 19.2 Å². The second kappa shape index (κ2) is 9.43. The molecule has 2 heterocycles. The summed E-state index contributed by atoms with van der Waals surface area (Å²) in [6.07, 6.45) is 0. The normalized spacial score (nSPS) is 17.1. The van der Waals surface area contributed by atoms with Crippen LogP contribution in [0.4, 0.5) is 4.79 Å². The van der Waals surface area contributed by atoms with Crippen LogP contribution in [0.2, 0.25) is 0 Å². The van der Waals surface area contributed by atoms with Gasteiger partial charge < -0.3 is 5.32 Å². The highest BCUT2D eigenvalue weighted by molar-refractivity contribution is 6.10. The SMILES string of the molecule is CCn1nc(C(=O)NNC(=O)CN2C(=O)N[C@](C)(c3ccc4ccccc4c3)C2=O)c2ccccc2c1=O. The van der Waals surface area contributed by atoms with Crippen molar-refractivity contribution in [1.82, 2.24) is 30.8 Å². The van der Waals surface area contributed by atoms with Gasteiger partial charge in [-0.05, 0) is 42.3 Å². The van der Waals surface area contributed by atoms with Crippen LogP contribution in [0.1, 0.15) is 29.9 Å². The summed E-state index contributed by atoms with van der Waals surface area (Å²) in [5, 5.41) is 9.32. The number of nitrogens with zero attached hydrogens (tertiary/aromatic N) is 3. The van der Waals surface area contributed by atoms with Gasteiger partial charge in [-0.15, -0.1) is 0 Å².